The van der Waals surface area contributed by atoms with Gasteiger partial charge in [-0.3, -0.25) is 11.3 Å². The second-order valence-corrected chi connectivity index (χ2v) is 4.95. The molecular weight excluding hydrogens is 222 g/mol. The number of nitrogen functional groups attached to an aromatic ring is 1. The summed E-state index contributed by atoms with van der Waals surface area (Å²) in [6.45, 7) is 0. The quantitative estimate of drug-likeness (QED) is 0.421. The fourth-order valence-electron chi connectivity index (χ4n) is 2.00. The van der Waals surface area contributed by atoms with Crippen molar-refractivity contribution in [1.29, 1.82) is 0 Å². The molecule has 5 N–H and O–H groups in total. The molecule has 1 aromatic rings. The molecule has 1 atom stereocenters. The molecule has 3 nitrogen and oxygen atoms in total. The number of nitrogens with two attached hydrogens (primary N) is 2. The lowest BCUT2D eigenvalue weighted by atomic mass is 9.99. The van der Waals surface area contributed by atoms with E-state index in [1.165, 1.54) is 19.3 Å². The molecule has 0 spiro atoms. The largest absolute Gasteiger partial charge is 0.398 e. The van der Waals surface area contributed by atoms with Crippen LogP contribution in [0.15, 0.2) is 18.2 Å². The second-order valence-electron chi connectivity index (χ2n) is 4.51. The number of nitrogens with one attached hydrogen (secondary N) is 1. The Balaban J connectivity index is 2.05. The van der Waals surface area contributed by atoms with Crippen LogP contribution in [0.25, 0.3) is 0 Å². The van der Waals surface area contributed by atoms with Crippen LogP contribution in [0.2, 0.25) is 5.02 Å². The van der Waals surface area contributed by atoms with E-state index in [0.29, 0.717) is 10.7 Å². The minimum absolute atomic E-state index is 0.137. The summed E-state index contributed by atoms with van der Waals surface area (Å²) < 4.78 is 0. The third-order valence-electron chi connectivity index (χ3n) is 3.19. The van der Waals surface area contributed by atoms with Gasteiger partial charge in [-0.15, -0.1) is 0 Å². The van der Waals surface area contributed by atoms with E-state index < -0.39 is 0 Å². The fraction of sp³-hybridized carbons (Fsp3) is 0.500. The number of hydrogen-bond acceptors (Lipinski definition) is 3. The maximum absolute atomic E-state index is 5.94. The Kier molecular flexibility index (Phi) is 3.69. The van der Waals surface area contributed by atoms with Crippen molar-refractivity contribution >= 4 is 17.3 Å². The van der Waals surface area contributed by atoms with Crippen LogP contribution in [0.3, 0.4) is 0 Å². The number of halogens is 1. The van der Waals surface area contributed by atoms with E-state index in [-0.39, 0.29) is 6.04 Å². The molecule has 88 valence electrons. The van der Waals surface area contributed by atoms with Crippen molar-refractivity contribution in [3.05, 3.63) is 28.8 Å². The number of hydrogen-bond donors (Lipinski definition) is 3. The van der Waals surface area contributed by atoms with Crippen LogP contribution in [-0.2, 0) is 0 Å². The molecule has 0 saturated heterocycles. The molecule has 1 fully saturated rings. The van der Waals surface area contributed by atoms with Crippen molar-refractivity contribution in [1.82, 2.24) is 5.43 Å². The lowest BCUT2D eigenvalue weighted by Gasteiger charge is -2.18. The smallest absolute Gasteiger partial charge is 0.0480 e. The van der Waals surface area contributed by atoms with Gasteiger partial charge in [0.1, 0.15) is 0 Å². The topological polar surface area (TPSA) is 64.1 Å². The van der Waals surface area contributed by atoms with Crippen LogP contribution >= 0.6 is 11.6 Å². The Hall–Kier alpha value is -0.770. The highest BCUT2D eigenvalue weighted by Gasteiger charge is 2.23. The van der Waals surface area contributed by atoms with E-state index in [1.807, 2.05) is 12.1 Å². The average Bonchev–Trinajstić information content (AvgIpc) is 3.05. The first-order chi connectivity index (χ1) is 7.70. The zero-order valence-corrected chi connectivity index (χ0v) is 10.0. The fourth-order valence-corrected chi connectivity index (χ4v) is 2.18. The molecule has 0 bridgehead atoms. The minimum Gasteiger partial charge on any atom is -0.398 e. The Bertz CT molecular complexity index is 363. The Morgan fingerprint density at radius 3 is 2.75 bits per heavy atom. The van der Waals surface area contributed by atoms with Gasteiger partial charge in [-0.25, -0.2) is 0 Å². The molecular formula is C12H18ClN3. The first-order valence-electron chi connectivity index (χ1n) is 5.71. The summed E-state index contributed by atoms with van der Waals surface area (Å²) >= 11 is 5.87. The molecule has 0 amide bonds. The average molecular weight is 240 g/mol. The molecule has 0 heterocycles. The van der Waals surface area contributed by atoms with Crippen molar-refractivity contribution in [2.45, 2.75) is 31.7 Å². The highest BCUT2D eigenvalue weighted by molar-refractivity contribution is 6.30. The first kappa shape index (κ1) is 11.7. The van der Waals surface area contributed by atoms with E-state index >= 15 is 0 Å². The third-order valence-corrected chi connectivity index (χ3v) is 3.42. The summed E-state index contributed by atoms with van der Waals surface area (Å²) in [7, 11) is 0. The molecule has 1 aromatic carbocycles. The number of anilines is 1. The van der Waals surface area contributed by atoms with Crippen LogP contribution in [-0.4, -0.2) is 0 Å². The molecule has 1 unspecified atom stereocenters. The molecule has 16 heavy (non-hydrogen) atoms. The predicted octanol–water partition coefficient (Wildman–Crippen LogP) is 2.62. The summed E-state index contributed by atoms with van der Waals surface area (Å²) in [5.74, 6) is 6.49. The van der Waals surface area contributed by atoms with E-state index in [4.69, 9.17) is 23.2 Å². The zero-order valence-electron chi connectivity index (χ0n) is 9.25. The molecule has 4 heteroatoms. The van der Waals surface area contributed by atoms with Gasteiger partial charge >= 0.3 is 0 Å². The van der Waals surface area contributed by atoms with Crippen LogP contribution < -0.4 is 17.0 Å². The molecule has 1 aliphatic rings. The van der Waals surface area contributed by atoms with Crippen LogP contribution in [0.5, 0.6) is 0 Å². The summed E-state index contributed by atoms with van der Waals surface area (Å²) in [5.41, 5.74) is 10.5. The van der Waals surface area contributed by atoms with Gasteiger partial charge in [0.05, 0.1) is 0 Å². The summed E-state index contributed by atoms with van der Waals surface area (Å²) in [6, 6.07) is 5.72. The van der Waals surface area contributed by atoms with E-state index in [1.54, 1.807) is 6.07 Å². The SMILES string of the molecule is NNC(CCC1CC1)c1ccc(Cl)cc1N. The molecule has 0 radical (unpaired) electrons. The minimum atomic E-state index is 0.137. The lowest BCUT2D eigenvalue weighted by molar-refractivity contribution is 0.483. The van der Waals surface area contributed by atoms with E-state index in [0.717, 1.165) is 17.9 Å². The van der Waals surface area contributed by atoms with Crippen LogP contribution in [0, 0.1) is 5.92 Å². The Labute approximate surface area is 101 Å². The normalized spacial score (nSPS) is 17.4. The van der Waals surface area contributed by atoms with Gasteiger partial charge in [-0.1, -0.05) is 30.5 Å². The Morgan fingerprint density at radius 2 is 2.19 bits per heavy atom. The predicted molar refractivity (Wildman–Crippen MR) is 67.9 cm³/mol. The van der Waals surface area contributed by atoms with Crippen molar-refractivity contribution in [3.63, 3.8) is 0 Å². The van der Waals surface area contributed by atoms with Crippen LogP contribution in [0.4, 0.5) is 5.69 Å². The maximum Gasteiger partial charge on any atom is 0.0480 e. The van der Waals surface area contributed by atoms with E-state index in [2.05, 4.69) is 5.43 Å². The summed E-state index contributed by atoms with van der Waals surface area (Å²) in [6.07, 6.45) is 4.99. The van der Waals surface area contributed by atoms with Gasteiger partial charge in [0.15, 0.2) is 0 Å². The first-order valence-corrected chi connectivity index (χ1v) is 6.09. The van der Waals surface area contributed by atoms with Crippen molar-refractivity contribution in [2.75, 3.05) is 5.73 Å². The molecule has 0 aliphatic heterocycles. The second kappa shape index (κ2) is 5.04. The highest BCUT2D eigenvalue weighted by Crippen LogP contribution is 2.36. The van der Waals surface area contributed by atoms with Gasteiger partial charge < -0.3 is 5.73 Å². The van der Waals surface area contributed by atoms with Crippen molar-refractivity contribution < 1.29 is 0 Å². The Morgan fingerprint density at radius 1 is 1.44 bits per heavy atom. The number of hydrazine groups is 1. The highest BCUT2D eigenvalue weighted by atomic mass is 35.5. The number of rotatable bonds is 5. The molecule has 1 aliphatic carbocycles. The lowest BCUT2D eigenvalue weighted by Crippen LogP contribution is -2.28. The summed E-state index contributed by atoms with van der Waals surface area (Å²) in [5, 5.41) is 0.666. The molecule has 0 aromatic heterocycles. The maximum atomic E-state index is 5.94. The van der Waals surface area contributed by atoms with Gasteiger partial charge in [-0.05, 0) is 36.5 Å². The third kappa shape index (κ3) is 2.88. The van der Waals surface area contributed by atoms with Crippen molar-refractivity contribution in [3.8, 4) is 0 Å². The van der Waals surface area contributed by atoms with Gasteiger partial charge in [0.2, 0.25) is 0 Å². The van der Waals surface area contributed by atoms with Gasteiger partial charge in [0.25, 0.3) is 0 Å². The molecule has 1 saturated carbocycles. The van der Waals surface area contributed by atoms with Crippen LogP contribution in [0.1, 0.15) is 37.3 Å². The van der Waals surface area contributed by atoms with Crippen molar-refractivity contribution in [2.24, 2.45) is 11.8 Å². The monoisotopic (exact) mass is 239 g/mol. The zero-order chi connectivity index (χ0) is 11.5. The van der Waals surface area contributed by atoms with Gasteiger partial charge in [-0.2, -0.15) is 0 Å². The van der Waals surface area contributed by atoms with Gasteiger partial charge in [0, 0.05) is 16.8 Å². The standard InChI is InChI=1S/C12H18ClN3/c13-9-4-5-10(11(14)7-9)12(16-15)6-3-8-1-2-8/h4-5,7-8,12,16H,1-3,6,14-15H2. The molecule has 2 rings (SSSR count). The number of benzene rings is 1. The van der Waals surface area contributed by atoms with E-state index in [9.17, 15) is 0 Å². The summed E-state index contributed by atoms with van der Waals surface area (Å²) in [4.78, 5) is 0.